The number of pyridine rings is 2. The summed E-state index contributed by atoms with van der Waals surface area (Å²) in [4.78, 5) is 19.4. The van der Waals surface area contributed by atoms with E-state index >= 15 is 0 Å². The van der Waals surface area contributed by atoms with Gasteiger partial charge in [-0.1, -0.05) is 0 Å². The molecule has 0 bridgehead atoms. The summed E-state index contributed by atoms with van der Waals surface area (Å²) in [6.07, 6.45) is -0.575. The van der Waals surface area contributed by atoms with Crippen molar-refractivity contribution in [3.05, 3.63) is 65.6 Å². The number of rotatable bonds is 4. The zero-order valence-electron chi connectivity index (χ0n) is 12.4. The summed E-state index contributed by atoms with van der Waals surface area (Å²) in [6, 6.07) is 6.96. The van der Waals surface area contributed by atoms with Gasteiger partial charge in [-0.3, -0.25) is 9.97 Å². The molecule has 0 atom stereocenters. The van der Waals surface area contributed by atoms with E-state index in [9.17, 15) is 18.0 Å². The van der Waals surface area contributed by atoms with Gasteiger partial charge in [0.25, 0.3) is 0 Å². The smallest absolute Gasteiger partial charge is 0.421 e. The molecular weight excluding hydrogens is 355 g/mol. The number of ether oxygens (including phenoxy) is 1. The number of hydrogen-bond donors (Lipinski definition) is 1. The summed E-state index contributed by atoms with van der Waals surface area (Å²) in [7, 11) is 0. The maximum absolute atomic E-state index is 12.7. The molecule has 3 aromatic heterocycles. The molecule has 3 rings (SSSR count). The predicted octanol–water partition coefficient (Wildman–Crippen LogP) is 4.52. The minimum atomic E-state index is -4.55. The molecule has 3 aromatic rings. The van der Waals surface area contributed by atoms with Crippen LogP contribution in [0.25, 0.3) is 0 Å². The molecule has 0 aromatic carbocycles. The van der Waals surface area contributed by atoms with Crippen LogP contribution in [0.2, 0.25) is 0 Å². The molecule has 0 aliphatic heterocycles. The number of hydrogen-bond acceptors (Lipinski definition) is 6. The Morgan fingerprint density at radius 2 is 2.04 bits per heavy atom. The van der Waals surface area contributed by atoms with Crippen molar-refractivity contribution in [1.82, 2.24) is 9.97 Å². The van der Waals surface area contributed by atoms with Gasteiger partial charge in [0.1, 0.15) is 16.4 Å². The maximum Gasteiger partial charge on any atom is 0.433 e. The number of alkyl halides is 3. The van der Waals surface area contributed by atoms with Crippen LogP contribution in [0, 0.1) is 0 Å². The highest BCUT2D eigenvalue weighted by molar-refractivity contribution is 7.14. The van der Waals surface area contributed by atoms with Gasteiger partial charge in [-0.15, -0.1) is 11.3 Å². The Kier molecular flexibility index (Phi) is 4.66. The van der Waals surface area contributed by atoms with E-state index < -0.39 is 17.8 Å². The SMILES string of the molecule is O=C(Oc1cccnc1)c1ccsc1Nc1ccnc(C(F)(F)F)c1. The fraction of sp³-hybridized carbons (Fsp3) is 0.0625. The van der Waals surface area contributed by atoms with Crippen molar-refractivity contribution in [2.24, 2.45) is 0 Å². The minimum absolute atomic E-state index is 0.167. The standard InChI is InChI=1S/C16H10F3N3O2S/c17-16(18,19)13-8-10(3-6-21-13)22-14-12(4-7-25-14)15(23)24-11-2-1-5-20-9-11/h1-9H,(H,21,22). The lowest BCUT2D eigenvalue weighted by atomic mass is 10.3. The summed E-state index contributed by atoms with van der Waals surface area (Å²) in [5, 5.41) is 4.80. The number of halogens is 3. The molecule has 0 spiro atoms. The third kappa shape index (κ3) is 4.13. The number of aromatic nitrogens is 2. The number of esters is 1. The van der Waals surface area contributed by atoms with Gasteiger partial charge in [-0.2, -0.15) is 13.2 Å². The van der Waals surface area contributed by atoms with E-state index in [4.69, 9.17) is 4.74 Å². The molecule has 0 radical (unpaired) electrons. The van der Waals surface area contributed by atoms with Crippen LogP contribution < -0.4 is 10.1 Å². The van der Waals surface area contributed by atoms with Crippen molar-refractivity contribution in [1.29, 1.82) is 0 Å². The Balaban J connectivity index is 1.79. The largest absolute Gasteiger partial charge is 0.433 e. The van der Waals surface area contributed by atoms with E-state index in [2.05, 4.69) is 15.3 Å². The summed E-state index contributed by atoms with van der Waals surface area (Å²) < 4.78 is 43.4. The van der Waals surface area contributed by atoms with Gasteiger partial charge < -0.3 is 10.1 Å². The highest BCUT2D eigenvalue weighted by atomic mass is 32.1. The number of carbonyl (C=O) groups excluding carboxylic acids is 1. The highest BCUT2D eigenvalue weighted by Gasteiger charge is 2.32. The second kappa shape index (κ2) is 6.89. The molecule has 0 aliphatic rings. The van der Waals surface area contributed by atoms with Gasteiger partial charge in [0, 0.05) is 18.1 Å². The van der Waals surface area contributed by atoms with Crippen molar-refractivity contribution >= 4 is 28.0 Å². The van der Waals surface area contributed by atoms with Crippen LogP contribution in [0.15, 0.2) is 54.3 Å². The molecule has 0 aliphatic carbocycles. The molecule has 5 nitrogen and oxygen atoms in total. The van der Waals surface area contributed by atoms with Crippen molar-refractivity contribution in [3.63, 3.8) is 0 Å². The first-order chi connectivity index (χ1) is 11.9. The Morgan fingerprint density at radius 3 is 2.76 bits per heavy atom. The van der Waals surface area contributed by atoms with Gasteiger partial charge in [-0.05, 0) is 35.7 Å². The fourth-order valence-electron chi connectivity index (χ4n) is 1.93. The monoisotopic (exact) mass is 365 g/mol. The van der Waals surface area contributed by atoms with Crippen molar-refractivity contribution in [2.45, 2.75) is 6.18 Å². The third-order valence-corrected chi connectivity index (χ3v) is 3.87. The van der Waals surface area contributed by atoms with E-state index in [1.165, 1.54) is 35.9 Å². The first kappa shape index (κ1) is 16.9. The van der Waals surface area contributed by atoms with Crippen LogP contribution in [0.1, 0.15) is 16.1 Å². The van der Waals surface area contributed by atoms with Crippen molar-refractivity contribution in [3.8, 4) is 5.75 Å². The second-order valence-corrected chi connectivity index (χ2v) is 5.71. The molecule has 1 N–H and O–H groups in total. The molecule has 3 heterocycles. The summed E-state index contributed by atoms with van der Waals surface area (Å²) in [6.45, 7) is 0. The van der Waals surface area contributed by atoms with E-state index in [0.717, 1.165) is 12.3 Å². The summed E-state index contributed by atoms with van der Waals surface area (Å²) >= 11 is 1.17. The molecule has 0 unspecified atom stereocenters. The zero-order chi connectivity index (χ0) is 17.9. The third-order valence-electron chi connectivity index (χ3n) is 3.04. The molecule has 0 saturated carbocycles. The Bertz CT molecular complexity index is 882. The maximum atomic E-state index is 12.7. The first-order valence-corrected chi connectivity index (χ1v) is 7.81. The van der Waals surface area contributed by atoms with E-state index in [1.807, 2.05) is 0 Å². The molecule has 25 heavy (non-hydrogen) atoms. The van der Waals surface area contributed by atoms with E-state index in [0.29, 0.717) is 5.00 Å². The van der Waals surface area contributed by atoms with E-state index in [1.54, 1.807) is 17.5 Å². The highest BCUT2D eigenvalue weighted by Crippen LogP contribution is 2.32. The van der Waals surface area contributed by atoms with Crippen LogP contribution >= 0.6 is 11.3 Å². The fourth-order valence-corrected chi connectivity index (χ4v) is 2.73. The first-order valence-electron chi connectivity index (χ1n) is 6.93. The van der Waals surface area contributed by atoms with Crippen LogP contribution in [-0.4, -0.2) is 15.9 Å². The summed E-state index contributed by atoms with van der Waals surface area (Å²) in [5.41, 5.74) is -0.645. The molecule has 9 heteroatoms. The molecule has 128 valence electrons. The van der Waals surface area contributed by atoms with Crippen molar-refractivity contribution in [2.75, 3.05) is 5.32 Å². The van der Waals surface area contributed by atoms with Gasteiger partial charge >= 0.3 is 12.1 Å². The lowest BCUT2D eigenvalue weighted by molar-refractivity contribution is -0.141. The topological polar surface area (TPSA) is 64.1 Å². The van der Waals surface area contributed by atoms with Gasteiger partial charge in [0.15, 0.2) is 0 Å². The predicted molar refractivity (Wildman–Crippen MR) is 86.0 cm³/mol. The van der Waals surface area contributed by atoms with Crippen molar-refractivity contribution < 1.29 is 22.7 Å². The van der Waals surface area contributed by atoms with Crippen LogP contribution in [-0.2, 0) is 6.18 Å². The van der Waals surface area contributed by atoms with Gasteiger partial charge in [0.05, 0.1) is 11.8 Å². The van der Waals surface area contributed by atoms with Gasteiger partial charge in [-0.25, -0.2) is 4.79 Å². The minimum Gasteiger partial charge on any atom is -0.421 e. The lowest BCUT2D eigenvalue weighted by Gasteiger charge is -2.10. The molecule has 0 saturated heterocycles. The summed E-state index contributed by atoms with van der Waals surface area (Å²) in [5.74, 6) is -0.366. The molecule has 0 fully saturated rings. The average Bonchev–Trinajstić information content (AvgIpc) is 3.03. The Hall–Kier alpha value is -2.94. The quantitative estimate of drug-likeness (QED) is 0.689. The normalized spacial score (nSPS) is 11.2. The average molecular weight is 365 g/mol. The Morgan fingerprint density at radius 1 is 1.20 bits per heavy atom. The lowest BCUT2D eigenvalue weighted by Crippen LogP contribution is -2.10. The van der Waals surface area contributed by atoms with Gasteiger partial charge in [0.2, 0.25) is 0 Å². The number of carbonyl (C=O) groups is 1. The zero-order valence-corrected chi connectivity index (χ0v) is 13.3. The number of nitrogens with zero attached hydrogens (tertiary/aromatic N) is 2. The number of thiophene rings is 1. The Labute approximate surface area is 144 Å². The molecule has 0 amide bonds. The van der Waals surface area contributed by atoms with Crippen LogP contribution in [0.5, 0.6) is 5.75 Å². The molecular formula is C16H10F3N3O2S. The van der Waals surface area contributed by atoms with E-state index in [-0.39, 0.29) is 17.0 Å². The number of anilines is 2. The second-order valence-electron chi connectivity index (χ2n) is 4.79. The van der Waals surface area contributed by atoms with Crippen LogP contribution in [0.4, 0.5) is 23.9 Å². The number of nitrogens with one attached hydrogen (secondary N) is 1. The van der Waals surface area contributed by atoms with Crippen LogP contribution in [0.3, 0.4) is 0 Å².